The number of methoxy groups -OCH3 is 1. The van der Waals surface area contributed by atoms with Gasteiger partial charge in [0.15, 0.2) is 0 Å². The predicted molar refractivity (Wildman–Crippen MR) is 69.1 cm³/mol. The van der Waals surface area contributed by atoms with E-state index in [9.17, 15) is 0 Å². The van der Waals surface area contributed by atoms with Crippen LogP contribution in [-0.4, -0.2) is 49.8 Å². The van der Waals surface area contributed by atoms with Crippen LogP contribution in [0.25, 0.3) is 0 Å². The molecule has 0 aliphatic carbocycles. The van der Waals surface area contributed by atoms with E-state index in [0.717, 1.165) is 68.8 Å². The summed E-state index contributed by atoms with van der Waals surface area (Å²) in [5.41, 5.74) is 2.25. The first-order valence-corrected chi connectivity index (χ1v) is 6.48. The lowest BCUT2D eigenvalue weighted by molar-refractivity contribution is 0.384. The van der Waals surface area contributed by atoms with Crippen LogP contribution >= 0.6 is 0 Å². The Morgan fingerprint density at radius 2 is 1.94 bits per heavy atom. The molecule has 1 fully saturated rings. The number of nitrogens with one attached hydrogen (secondary N) is 2. The van der Waals surface area contributed by atoms with Gasteiger partial charge in [0.25, 0.3) is 0 Å². The van der Waals surface area contributed by atoms with Gasteiger partial charge in [0.05, 0.1) is 12.8 Å². The molecule has 3 heterocycles. The Bertz CT molecular complexity index is 413. The smallest absolute Gasteiger partial charge is 0.228 e. The van der Waals surface area contributed by atoms with E-state index in [4.69, 9.17) is 9.72 Å². The third-order valence-corrected chi connectivity index (χ3v) is 3.48. The minimum absolute atomic E-state index is 0.723. The summed E-state index contributed by atoms with van der Waals surface area (Å²) in [5.74, 6) is 1.54. The fourth-order valence-corrected chi connectivity index (χ4v) is 2.47. The molecule has 2 N–H and O–H groups in total. The molecular weight excluding hydrogens is 230 g/mol. The molecule has 0 unspecified atom stereocenters. The van der Waals surface area contributed by atoms with Crippen LogP contribution in [-0.2, 0) is 13.0 Å². The number of rotatable bonds is 2. The van der Waals surface area contributed by atoms with Crippen LogP contribution in [0.3, 0.4) is 0 Å². The lowest BCUT2D eigenvalue weighted by Crippen LogP contribution is -2.44. The van der Waals surface area contributed by atoms with Crippen molar-refractivity contribution in [3.8, 4) is 5.88 Å². The van der Waals surface area contributed by atoms with Crippen LogP contribution < -0.4 is 20.3 Å². The molecule has 0 saturated carbocycles. The van der Waals surface area contributed by atoms with E-state index in [0.29, 0.717) is 0 Å². The Labute approximate surface area is 107 Å². The van der Waals surface area contributed by atoms with E-state index in [-0.39, 0.29) is 0 Å². The van der Waals surface area contributed by atoms with Gasteiger partial charge < -0.3 is 20.3 Å². The van der Waals surface area contributed by atoms with Crippen molar-refractivity contribution >= 4 is 5.95 Å². The molecule has 0 amide bonds. The highest BCUT2D eigenvalue weighted by atomic mass is 16.5. The summed E-state index contributed by atoms with van der Waals surface area (Å²) in [4.78, 5) is 11.5. The maximum absolute atomic E-state index is 5.41. The lowest BCUT2D eigenvalue weighted by Gasteiger charge is -2.29. The summed E-state index contributed by atoms with van der Waals surface area (Å²) in [7, 11) is 1.68. The Morgan fingerprint density at radius 1 is 1.11 bits per heavy atom. The van der Waals surface area contributed by atoms with E-state index in [1.807, 2.05) is 0 Å². The van der Waals surface area contributed by atoms with Gasteiger partial charge in [-0.25, -0.2) is 4.98 Å². The third-order valence-electron chi connectivity index (χ3n) is 3.48. The highest BCUT2D eigenvalue weighted by Crippen LogP contribution is 2.24. The van der Waals surface area contributed by atoms with E-state index >= 15 is 0 Å². The second-order valence-corrected chi connectivity index (χ2v) is 4.62. The van der Waals surface area contributed by atoms with Crippen molar-refractivity contribution in [3.63, 3.8) is 0 Å². The second-order valence-electron chi connectivity index (χ2n) is 4.62. The molecule has 2 aliphatic heterocycles. The Kier molecular flexibility index (Phi) is 3.29. The fourth-order valence-electron chi connectivity index (χ4n) is 2.47. The maximum Gasteiger partial charge on any atom is 0.228 e. The summed E-state index contributed by atoms with van der Waals surface area (Å²) in [6, 6.07) is 0. The zero-order valence-corrected chi connectivity index (χ0v) is 10.7. The quantitative estimate of drug-likeness (QED) is 0.739. The third kappa shape index (κ3) is 2.13. The number of hydrogen-bond donors (Lipinski definition) is 2. The van der Waals surface area contributed by atoms with Crippen molar-refractivity contribution in [3.05, 3.63) is 11.3 Å². The minimum Gasteiger partial charge on any atom is -0.481 e. The van der Waals surface area contributed by atoms with Gasteiger partial charge in [-0.1, -0.05) is 0 Å². The number of anilines is 1. The van der Waals surface area contributed by atoms with Gasteiger partial charge in [-0.2, -0.15) is 4.98 Å². The largest absolute Gasteiger partial charge is 0.481 e. The second kappa shape index (κ2) is 5.07. The number of ether oxygens (including phenoxy) is 1. The zero-order chi connectivity index (χ0) is 12.4. The zero-order valence-electron chi connectivity index (χ0n) is 10.7. The number of hydrogen-bond acceptors (Lipinski definition) is 6. The number of nitrogens with zero attached hydrogens (tertiary/aromatic N) is 3. The average molecular weight is 249 g/mol. The molecule has 0 aromatic carbocycles. The van der Waals surface area contributed by atoms with Gasteiger partial charge >= 0.3 is 0 Å². The highest BCUT2D eigenvalue weighted by Gasteiger charge is 2.21. The summed E-state index contributed by atoms with van der Waals surface area (Å²) >= 11 is 0. The molecule has 6 heteroatoms. The molecule has 0 spiro atoms. The van der Waals surface area contributed by atoms with Crippen LogP contribution in [0.2, 0.25) is 0 Å². The molecule has 1 aromatic heterocycles. The van der Waals surface area contributed by atoms with Crippen LogP contribution in [0.4, 0.5) is 5.95 Å². The first-order chi connectivity index (χ1) is 8.88. The van der Waals surface area contributed by atoms with E-state index in [2.05, 4.69) is 20.5 Å². The van der Waals surface area contributed by atoms with Crippen LogP contribution in [0, 0.1) is 0 Å². The number of piperazine rings is 1. The molecule has 0 atom stereocenters. The first kappa shape index (κ1) is 11.7. The van der Waals surface area contributed by atoms with Gasteiger partial charge in [0, 0.05) is 51.3 Å². The van der Waals surface area contributed by atoms with Crippen molar-refractivity contribution in [1.82, 2.24) is 20.6 Å². The SMILES string of the molecule is COc1nc(N2CCNCC2)nc2c1CNCC2. The van der Waals surface area contributed by atoms with Crippen LogP contribution in [0.5, 0.6) is 5.88 Å². The Morgan fingerprint density at radius 3 is 2.72 bits per heavy atom. The molecule has 1 saturated heterocycles. The predicted octanol–water partition coefficient (Wildman–Crippen LogP) is -0.459. The molecule has 18 heavy (non-hydrogen) atoms. The molecule has 2 aliphatic rings. The van der Waals surface area contributed by atoms with Gasteiger partial charge in [0.1, 0.15) is 0 Å². The molecular formula is C12H19N5O. The van der Waals surface area contributed by atoms with Crippen LogP contribution in [0.1, 0.15) is 11.3 Å². The minimum atomic E-state index is 0.723. The molecule has 0 bridgehead atoms. The number of fused-ring (bicyclic) bond motifs is 1. The first-order valence-electron chi connectivity index (χ1n) is 6.48. The van der Waals surface area contributed by atoms with Gasteiger partial charge in [-0.05, 0) is 0 Å². The topological polar surface area (TPSA) is 62.3 Å². The van der Waals surface area contributed by atoms with Crippen molar-refractivity contribution in [2.24, 2.45) is 0 Å². The van der Waals surface area contributed by atoms with E-state index in [1.165, 1.54) is 0 Å². The standard InChI is InChI=1S/C12H19N5O/c1-18-11-9-8-14-3-2-10(9)15-12(16-11)17-6-4-13-5-7-17/h13-14H,2-8H2,1H3. The van der Waals surface area contributed by atoms with E-state index < -0.39 is 0 Å². The summed E-state index contributed by atoms with van der Waals surface area (Å²) < 4.78 is 5.41. The molecule has 6 nitrogen and oxygen atoms in total. The summed E-state index contributed by atoms with van der Waals surface area (Å²) in [6.45, 7) is 5.68. The van der Waals surface area contributed by atoms with Gasteiger partial charge in [-0.3, -0.25) is 0 Å². The summed E-state index contributed by atoms with van der Waals surface area (Å²) in [5, 5.41) is 6.67. The molecule has 3 rings (SSSR count). The van der Waals surface area contributed by atoms with Gasteiger partial charge in [0.2, 0.25) is 11.8 Å². The monoisotopic (exact) mass is 249 g/mol. The normalized spacial score (nSPS) is 19.5. The lowest BCUT2D eigenvalue weighted by atomic mass is 10.1. The van der Waals surface area contributed by atoms with Crippen molar-refractivity contribution < 1.29 is 4.74 Å². The van der Waals surface area contributed by atoms with Crippen molar-refractivity contribution in [1.29, 1.82) is 0 Å². The highest BCUT2D eigenvalue weighted by molar-refractivity contribution is 5.41. The average Bonchev–Trinajstić information content (AvgIpc) is 2.47. The Hall–Kier alpha value is -1.40. The summed E-state index contributed by atoms with van der Waals surface area (Å²) in [6.07, 6.45) is 0.952. The Balaban J connectivity index is 1.94. The molecule has 98 valence electrons. The van der Waals surface area contributed by atoms with Crippen molar-refractivity contribution in [2.75, 3.05) is 44.7 Å². The van der Waals surface area contributed by atoms with Crippen LogP contribution in [0.15, 0.2) is 0 Å². The van der Waals surface area contributed by atoms with Gasteiger partial charge in [-0.15, -0.1) is 0 Å². The maximum atomic E-state index is 5.41. The number of aromatic nitrogens is 2. The molecule has 0 radical (unpaired) electrons. The van der Waals surface area contributed by atoms with E-state index in [1.54, 1.807) is 7.11 Å². The van der Waals surface area contributed by atoms with Crippen molar-refractivity contribution in [2.45, 2.75) is 13.0 Å². The fraction of sp³-hybridized carbons (Fsp3) is 0.667. The molecule has 1 aromatic rings.